The van der Waals surface area contributed by atoms with E-state index in [2.05, 4.69) is 59.2 Å². The van der Waals surface area contributed by atoms with E-state index in [4.69, 9.17) is 0 Å². The van der Waals surface area contributed by atoms with Gasteiger partial charge in [0, 0.05) is 30.2 Å². The predicted molar refractivity (Wildman–Crippen MR) is 87.4 cm³/mol. The molecule has 1 N–H and O–H groups in total. The maximum atomic E-state index is 3.24. The van der Waals surface area contributed by atoms with Gasteiger partial charge in [0.05, 0.1) is 0 Å². The zero-order chi connectivity index (χ0) is 14.4. The van der Waals surface area contributed by atoms with Crippen LogP contribution in [0.4, 0.5) is 0 Å². The quantitative estimate of drug-likeness (QED) is 0.798. The van der Waals surface area contributed by atoms with E-state index < -0.39 is 0 Å². The number of rotatable bonds is 8. The Balaban J connectivity index is 2.15. The van der Waals surface area contributed by atoms with Crippen molar-refractivity contribution in [2.75, 3.05) is 33.7 Å². The van der Waals surface area contributed by atoms with Crippen LogP contribution >= 0.6 is 0 Å². The highest BCUT2D eigenvalue weighted by atomic mass is 15.1. The summed E-state index contributed by atoms with van der Waals surface area (Å²) < 4.78 is 2.41. The molecule has 0 aliphatic rings. The molecule has 1 aromatic heterocycles. The fourth-order valence-corrected chi connectivity index (χ4v) is 2.74. The maximum Gasteiger partial charge on any atom is 0.0483 e. The van der Waals surface area contributed by atoms with Crippen LogP contribution in [0.25, 0.3) is 10.9 Å². The Morgan fingerprint density at radius 3 is 2.75 bits per heavy atom. The molecule has 3 heteroatoms. The van der Waals surface area contributed by atoms with Crippen LogP contribution in [-0.4, -0.2) is 43.2 Å². The van der Waals surface area contributed by atoms with Gasteiger partial charge in [0.2, 0.25) is 0 Å². The molecule has 20 heavy (non-hydrogen) atoms. The molecule has 3 nitrogen and oxygen atoms in total. The van der Waals surface area contributed by atoms with E-state index in [1.54, 1.807) is 0 Å². The standard InChI is InChI=1S/C17H27N3/c1-4-11-19(3)12-13-20-14-15(9-10-18-2)16-7-5-6-8-17(16)20/h5-8,14,18H,4,9-13H2,1-3H3. The maximum absolute atomic E-state index is 3.24. The van der Waals surface area contributed by atoms with Gasteiger partial charge in [0.25, 0.3) is 0 Å². The second kappa shape index (κ2) is 7.46. The minimum Gasteiger partial charge on any atom is -0.346 e. The van der Waals surface area contributed by atoms with Gasteiger partial charge in [-0.05, 0) is 51.7 Å². The van der Waals surface area contributed by atoms with Gasteiger partial charge in [-0.2, -0.15) is 0 Å². The highest BCUT2D eigenvalue weighted by Crippen LogP contribution is 2.21. The monoisotopic (exact) mass is 273 g/mol. The number of hydrogen-bond donors (Lipinski definition) is 1. The summed E-state index contributed by atoms with van der Waals surface area (Å²) in [4.78, 5) is 2.40. The lowest BCUT2D eigenvalue weighted by molar-refractivity contribution is 0.321. The molecule has 2 aromatic rings. The molecule has 0 unspecified atom stereocenters. The van der Waals surface area contributed by atoms with Crippen LogP contribution in [0.15, 0.2) is 30.5 Å². The number of aromatic nitrogens is 1. The third kappa shape index (κ3) is 3.62. The van der Waals surface area contributed by atoms with Crippen molar-refractivity contribution in [1.29, 1.82) is 0 Å². The summed E-state index contributed by atoms with van der Waals surface area (Å²) in [5.74, 6) is 0. The van der Waals surface area contributed by atoms with Gasteiger partial charge in [-0.25, -0.2) is 0 Å². The van der Waals surface area contributed by atoms with Crippen LogP contribution in [-0.2, 0) is 13.0 Å². The third-order valence-electron chi connectivity index (χ3n) is 3.84. The second-order valence-corrected chi connectivity index (χ2v) is 5.52. The third-order valence-corrected chi connectivity index (χ3v) is 3.84. The van der Waals surface area contributed by atoms with E-state index in [-0.39, 0.29) is 0 Å². The summed E-state index contributed by atoms with van der Waals surface area (Å²) in [5, 5.41) is 4.64. The van der Waals surface area contributed by atoms with Crippen molar-refractivity contribution in [3.63, 3.8) is 0 Å². The van der Waals surface area contributed by atoms with Crippen LogP contribution in [0.5, 0.6) is 0 Å². The van der Waals surface area contributed by atoms with Crippen molar-refractivity contribution in [3.05, 3.63) is 36.0 Å². The Kier molecular flexibility index (Phi) is 5.62. The predicted octanol–water partition coefficient (Wildman–Crippen LogP) is 2.75. The van der Waals surface area contributed by atoms with E-state index in [1.165, 1.54) is 29.4 Å². The first kappa shape index (κ1) is 15.1. The average Bonchev–Trinajstić information content (AvgIpc) is 2.82. The van der Waals surface area contributed by atoms with Crippen molar-refractivity contribution in [2.45, 2.75) is 26.3 Å². The fourth-order valence-electron chi connectivity index (χ4n) is 2.74. The van der Waals surface area contributed by atoms with Gasteiger partial charge >= 0.3 is 0 Å². The molecule has 0 saturated carbocycles. The Labute approximate surface area is 122 Å². The fraction of sp³-hybridized carbons (Fsp3) is 0.529. The molecule has 0 spiro atoms. The summed E-state index contributed by atoms with van der Waals surface area (Å²) >= 11 is 0. The number of likely N-dealkylation sites (N-methyl/N-ethyl adjacent to an activating group) is 2. The largest absolute Gasteiger partial charge is 0.346 e. The van der Waals surface area contributed by atoms with Crippen molar-refractivity contribution in [1.82, 2.24) is 14.8 Å². The minimum absolute atomic E-state index is 1.03. The number of para-hydroxylation sites is 1. The van der Waals surface area contributed by atoms with Gasteiger partial charge in [0.1, 0.15) is 0 Å². The topological polar surface area (TPSA) is 20.2 Å². The van der Waals surface area contributed by atoms with E-state index >= 15 is 0 Å². The van der Waals surface area contributed by atoms with E-state index in [1.807, 2.05) is 7.05 Å². The van der Waals surface area contributed by atoms with Crippen LogP contribution in [0, 0.1) is 0 Å². The molecule has 0 radical (unpaired) electrons. The van der Waals surface area contributed by atoms with E-state index in [9.17, 15) is 0 Å². The molecule has 2 rings (SSSR count). The summed E-state index contributed by atoms with van der Waals surface area (Å²) in [5.41, 5.74) is 2.82. The molecule has 0 bridgehead atoms. The molecular formula is C17H27N3. The average molecular weight is 273 g/mol. The molecule has 0 amide bonds. The highest BCUT2D eigenvalue weighted by Gasteiger charge is 2.08. The summed E-state index contributed by atoms with van der Waals surface area (Å²) in [7, 11) is 4.22. The van der Waals surface area contributed by atoms with Crippen LogP contribution in [0.3, 0.4) is 0 Å². The molecule has 0 saturated heterocycles. The van der Waals surface area contributed by atoms with Crippen LogP contribution in [0.1, 0.15) is 18.9 Å². The second-order valence-electron chi connectivity index (χ2n) is 5.52. The zero-order valence-corrected chi connectivity index (χ0v) is 13.0. The van der Waals surface area contributed by atoms with Crippen molar-refractivity contribution in [2.24, 2.45) is 0 Å². The molecule has 110 valence electrons. The lowest BCUT2D eigenvalue weighted by atomic mass is 10.1. The lowest BCUT2D eigenvalue weighted by Crippen LogP contribution is -2.23. The number of nitrogens with zero attached hydrogens (tertiary/aromatic N) is 2. The lowest BCUT2D eigenvalue weighted by Gasteiger charge is -2.16. The van der Waals surface area contributed by atoms with Gasteiger partial charge in [0.15, 0.2) is 0 Å². The summed E-state index contributed by atoms with van der Waals surface area (Å²) in [6, 6.07) is 8.75. The Morgan fingerprint density at radius 2 is 2.00 bits per heavy atom. The molecule has 0 atom stereocenters. The number of benzene rings is 1. The van der Waals surface area contributed by atoms with Crippen LogP contribution < -0.4 is 5.32 Å². The molecule has 0 aliphatic carbocycles. The van der Waals surface area contributed by atoms with Crippen molar-refractivity contribution in [3.8, 4) is 0 Å². The minimum atomic E-state index is 1.03. The Hall–Kier alpha value is -1.32. The van der Waals surface area contributed by atoms with Crippen molar-refractivity contribution < 1.29 is 0 Å². The van der Waals surface area contributed by atoms with Gasteiger partial charge in [-0.3, -0.25) is 0 Å². The first-order valence-corrected chi connectivity index (χ1v) is 7.66. The summed E-state index contributed by atoms with van der Waals surface area (Å²) in [6.07, 6.45) is 4.65. The summed E-state index contributed by atoms with van der Waals surface area (Å²) in [6.45, 7) is 6.61. The molecular weight excluding hydrogens is 246 g/mol. The van der Waals surface area contributed by atoms with E-state index in [0.717, 1.165) is 26.1 Å². The van der Waals surface area contributed by atoms with Crippen LogP contribution in [0.2, 0.25) is 0 Å². The number of hydrogen-bond acceptors (Lipinski definition) is 2. The highest BCUT2D eigenvalue weighted by molar-refractivity contribution is 5.84. The molecule has 0 fully saturated rings. The Morgan fingerprint density at radius 1 is 1.20 bits per heavy atom. The van der Waals surface area contributed by atoms with Gasteiger partial charge in [-0.1, -0.05) is 25.1 Å². The van der Waals surface area contributed by atoms with Crippen molar-refractivity contribution >= 4 is 10.9 Å². The number of fused-ring (bicyclic) bond motifs is 1. The zero-order valence-electron chi connectivity index (χ0n) is 13.0. The smallest absolute Gasteiger partial charge is 0.0483 e. The first-order valence-electron chi connectivity index (χ1n) is 7.66. The van der Waals surface area contributed by atoms with E-state index in [0.29, 0.717) is 0 Å². The Bertz CT molecular complexity index is 530. The first-order chi connectivity index (χ1) is 9.76. The molecule has 1 heterocycles. The van der Waals surface area contributed by atoms with Gasteiger partial charge < -0.3 is 14.8 Å². The molecule has 1 aromatic carbocycles. The molecule has 0 aliphatic heterocycles. The van der Waals surface area contributed by atoms with Gasteiger partial charge in [-0.15, -0.1) is 0 Å². The number of nitrogens with one attached hydrogen (secondary N) is 1. The SMILES string of the molecule is CCCN(C)CCn1cc(CCNC)c2ccccc21. The normalized spacial score (nSPS) is 11.6.